The van der Waals surface area contributed by atoms with Gasteiger partial charge in [0.2, 0.25) is 0 Å². The molecule has 0 unspecified atom stereocenters. The molecule has 0 aliphatic carbocycles. The summed E-state index contributed by atoms with van der Waals surface area (Å²) in [4.78, 5) is 0. The van der Waals surface area contributed by atoms with Gasteiger partial charge >= 0.3 is 0 Å². The third-order valence-corrected chi connectivity index (χ3v) is 4.25. The van der Waals surface area contributed by atoms with Gasteiger partial charge in [0.1, 0.15) is 5.82 Å². The highest BCUT2D eigenvalue weighted by atomic mass is 19.1. The molecule has 1 N–H and O–H groups in total. The summed E-state index contributed by atoms with van der Waals surface area (Å²) in [5, 5.41) is 4.49. The predicted octanol–water partition coefficient (Wildman–Crippen LogP) is 3.09. The third kappa shape index (κ3) is 1.74. The first kappa shape index (κ1) is 11.7. The summed E-state index contributed by atoms with van der Waals surface area (Å²) in [7, 11) is 2.07. The van der Waals surface area contributed by atoms with Gasteiger partial charge < -0.3 is 9.88 Å². The monoisotopic (exact) mass is 246 g/mol. The molecule has 3 heteroatoms. The summed E-state index contributed by atoms with van der Waals surface area (Å²) in [5.74, 6) is 0.431. The van der Waals surface area contributed by atoms with Gasteiger partial charge in [-0.2, -0.15) is 0 Å². The molecule has 1 saturated heterocycles. The van der Waals surface area contributed by atoms with Crippen molar-refractivity contribution in [1.29, 1.82) is 0 Å². The number of aryl methyl sites for hydroxylation is 1. The summed E-state index contributed by atoms with van der Waals surface area (Å²) < 4.78 is 15.7. The highest BCUT2D eigenvalue weighted by Crippen LogP contribution is 2.35. The van der Waals surface area contributed by atoms with Crippen LogP contribution in [0.1, 0.15) is 30.0 Å². The van der Waals surface area contributed by atoms with Crippen LogP contribution >= 0.6 is 0 Å². The van der Waals surface area contributed by atoms with E-state index in [1.54, 1.807) is 12.1 Å². The number of hydrogen-bond donors (Lipinski definition) is 1. The smallest absolute Gasteiger partial charge is 0.123 e. The molecule has 0 bridgehead atoms. The van der Waals surface area contributed by atoms with Crippen molar-refractivity contribution in [3.05, 3.63) is 35.3 Å². The van der Waals surface area contributed by atoms with Crippen LogP contribution in [0, 0.1) is 12.7 Å². The van der Waals surface area contributed by atoms with Crippen molar-refractivity contribution in [3.8, 4) is 0 Å². The Hall–Kier alpha value is -1.35. The Morgan fingerprint density at radius 2 is 2.00 bits per heavy atom. The van der Waals surface area contributed by atoms with E-state index in [4.69, 9.17) is 0 Å². The summed E-state index contributed by atoms with van der Waals surface area (Å²) in [6.45, 7) is 4.28. The maximum Gasteiger partial charge on any atom is 0.123 e. The minimum Gasteiger partial charge on any atom is -0.348 e. The van der Waals surface area contributed by atoms with Crippen LogP contribution in [0.15, 0.2) is 18.2 Å². The number of fused-ring (bicyclic) bond motifs is 1. The third-order valence-electron chi connectivity index (χ3n) is 4.25. The topological polar surface area (TPSA) is 17.0 Å². The molecule has 0 saturated carbocycles. The standard InChI is InChI=1S/C15H19FN2/c1-10-15(11-5-7-17-8-6-11)13-9-12(16)3-4-14(13)18(10)2/h3-4,9,11,17H,5-8H2,1-2H3. The largest absolute Gasteiger partial charge is 0.348 e. The Labute approximate surface area is 107 Å². The van der Waals surface area contributed by atoms with Gasteiger partial charge in [0.05, 0.1) is 0 Å². The zero-order valence-electron chi connectivity index (χ0n) is 11.0. The van der Waals surface area contributed by atoms with Crippen molar-refractivity contribution in [3.63, 3.8) is 0 Å². The van der Waals surface area contributed by atoms with Crippen molar-refractivity contribution in [2.75, 3.05) is 13.1 Å². The lowest BCUT2D eigenvalue weighted by molar-refractivity contribution is 0.460. The first-order valence-electron chi connectivity index (χ1n) is 6.63. The minimum absolute atomic E-state index is 0.136. The van der Waals surface area contributed by atoms with Crippen molar-refractivity contribution < 1.29 is 4.39 Å². The fourth-order valence-corrected chi connectivity index (χ4v) is 3.20. The number of nitrogens with one attached hydrogen (secondary N) is 1. The molecule has 96 valence electrons. The van der Waals surface area contributed by atoms with Crippen LogP contribution in [0.4, 0.5) is 4.39 Å². The van der Waals surface area contributed by atoms with E-state index in [1.807, 2.05) is 6.07 Å². The molecular formula is C15H19FN2. The molecule has 0 atom stereocenters. The van der Waals surface area contributed by atoms with Crippen molar-refractivity contribution in [1.82, 2.24) is 9.88 Å². The van der Waals surface area contributed by atoms with Crippen molar-refractivity contribution >= 4 is 10.9 Å². The van der Waals surface area contributed by atoms with E-state index in [9.17, 15) is 4.39 Å². The Morgan fingerprint density at radius 3 is 2.72 bits per heavy atom. The molecule has 2 aromatic rings. The molecule has 0 amide bonds. The highest BCUT2D eigenvalue weighted by Gasteiger charge is 2.22. The van der Waals surface area contributed by atoms with Crippen LogP contribution in [-0.2, 0) is 7.05 Å². The molecule has 2 nitrogen and oxygen atoms in total. The van der Waals surface area contributed by atoms with Gasteiger partial charge in [0.15, 0.2) is 0 Å². The summed E-state index contributed by atoms with van der Waals surface area (Å²) in [5.41, 5.74) is 3.78. The Kier molecular flexibility index (Phi) is 2.86. The maximum absolute atomic E-state index is 13.5. The van der Waals surface area contributed by atoms with Crippen molar-refractivity contribution in [2.24, 2.45) is 7.05 Å². The molecule has 1 aliphatic rings. The van der Waals surface area contributed by atoms with E-state index in [0.29, 0.717) is 5.92 Å². The minimum atomic E-state index is -0.136. The van der Waals surface area contributed by atoms with Crippen LogP contribution in [0.2, 0.25) is 0 Å². The molecule has 0 radical (unpaired) electrons. The zero-order chi connectivity index (χ0) is 12.7. The normalized spacial score (nSPS) is 17.5. The number of hydrogen-bond acceptors (Lipinski definition) is 1. The molecule has 18 heavy (non-hydrogen) atoms. The van der Waals surface area contributed by atoms with Crippen LogP contribution in [0.25, 0.3) is 10.9 Å². The molecule has 1 aromatic carbocycles. The average Bonchev–Trinajstić information content (AvgIpc) is 2.63. The fourth-order valence-electron chi connectivity index (χ4n) is 3.20. The summed E-state index contributed by atoms with van der Waals surface area (Å²) in [6.07, 6.45) is 2.30. The lowest BCUT2D eigenvalue weighted by atomic mass is 9.88. The first-order chi connectivity index (χ1) is 8.68. The van der Waals surface area contributed by atoms with Gasteiger partial charge in [-0.25, -0.2) is 4.39 Å². The summed E-state index contributed by atoms with van der Waals surface area (Å²) >= 11 is 0. The Morgan fingerprint density at radius 1 is 1.28 bits per heavy atom. The van der Waals surface area contributed by atoms with Gasteiger partial charge in [-0.05, 0) is 62.5 Å². The molecule has 1 fully saturated rings. The predicted molar refractivity (Wildman–Crippen MR) is 72.5 cm³/mol. The molecular weight excluding hydrogens is 227 g/mol. The molecule has 0 spiro atoms. The lowest BCUT2D eigenvalue weighted by Gasteiger charge is -2.23. The SMILES string of the molecule is Cc1c(C2CCNCC2)c2cc(F)ccc2n1C. The molecule has 2 heterocycles. The van der Waals surface area contributed by atoms with Gasteiger partial charge in [-0.15, -0.1) is 0 Å². The summed E-state index contributed by atoms with van der Waals surface area (Å²) in [6, 6.07) is 5.13. The van der Waals surface area contributed by atoms with Crippen molar-refractivity contribution in [2.45, 2.75) is 25.7 Å². The molecule has 1 aliphatic heterocycles. The highest BCUT2D eigenvalue weighted by molar-refractivity contribution is 5.86. The van der Waals surface area contributed by atoms with E-state index in [1.165, 1.54) is 11.3 Å². The van der Waals surface area contributed by atoms with E-state index >= 15 is 0 Å². The second kappa shape index (κ2) is 4.39. The van der Waals surface area contributed by atoms with E-state index in [0.717, 1.165) is 36.8 Å². The van der Waals surface area contributed by atoms with E-state index in [-0.39, 0.29) is 5.82 Å². The number of halogens is 1. The fraction of sp³-hybridized carbons (Fsp3) is 0.467. The first-order valence-corrected chi connectivity index (χ1v) is 6.63. The van der Waals surface area contributed by atoms with Crippen LogP contribution in [-0.4, -0.2) is 17.7 Å². The van der Waals surface area contributed by atoms with Gasteiger partial charge in [-0.3, -0.25) is 0 Å². The van der Waals surface area contributed by atoms with Crippen LogP contribution < -0.4 is 5.32 Å². The number of rotatable bonds is 1. The number of nitrogens with zero attached hydrogens (tertiary/aromatic N) is 1. The number of aromatic nitrogens is 1. The Bertz CT molecular complexity index is 580. The Balaban J connectivity index is 2.20. The van der Waals surface area contributed by atoms with Gasteiger partial charge in [0.25, 0.3) is 0 Å². The van der Waals surface area contributed by atoms with E-state index in [2.05, 4.69) is 23.9 Å². The maximum atomic E-state index is 13.5. The molecule has 3 rings (SSSR count). The lowest BCUT2D eigenvalue weighted by Crippen LogP contribution is -2.26. The van der Waals surface area contributed by atoms with E-state index < -0.39 is 0 Å². The molecule has 1 aromatic heterocycles. The average molecular weight is 246 g/mol. The quantitative estimate of drug-likeness (QED) is 0.818. The second-order valence-corrected chi connectivity index (χ2v) is 5.24. The zero-order valence-corrected chi connectivity index (χ0v) is 11.0. The van der Waals surface area contributed by atoms with Crippen LogP contribution in [0.3, 0.4) is 0 Å². The van der Waals surface area contributed by atoms with Crippen LogP contribution in [0.5, 0.6) is 0 Å². The number of piperidine rings is 1. The number of benzene rings is 1. The van der Waals surface area contributed by atoms with Gasteiger partial charge in [-0.1, -0.05) is 0 Å². The second-order valence-electron chi connectivity index (χ2n) is 5.24. The van der Waals surface area contributed by atoms with Gasteiger partial charge in [0, 0.05) is 23.6 Å².